The maximum Gasteiger partial charge on any atom is 0.345 e. The summed E-state index contributed by atoms with van der Waals surface area (Å²) in [5.41, 5.74) is 0.455. The highest BCUT2D eigenvalue weighted by Gasteiger charge is 2.14. The minimum absolute atomic E-state index is 0.110. The maximum absolute atomic E-state index is 11.8. The molecule has 0 fully saturated rings. The molecule has 6 nitrogen and oxygen atoms in total. The number of hydrogen-bond donors (Lipinski definition) is 1. The Morgan fingerprint density at radius 1 is 1.39 bits per heavy atom. The molecule has 92 valence electrons. The molecule has 8 heteroatoms. The minimum atomic E-state index is -0.549. The lowest BCUT2D eigenvalue weighted by molar-refractivity contribution is -0.380. The normalized spacial score (nSPS) is 10.1. The van der Waals surface area contributed by atoms with Crippen LogP contribution in [0, 0.1) is 10.1 Å². The fourth-order valence-electron chi connectivity index (χ4n) is 1.18. The molecule has 0 aliphatic heterocycles. The van der Waals surface area contributed by atoms with Crippen molar-refractivity contribution in [1.29, 1.82) is 0 Å². The van der Waals surface area contributed by atoms with Crippen molar-refractivity contribution in [1.82, 2.24) is 4.98 Å². The summed E-state index contributed by atoms with van der Waals surface area (Å²) in [5.74, 6) is -0.355. The lowest BCUT2D eigenvalue weighted by atomic mass is 10.2. The van der Waals surface area contributed by atoms with Gasteiger partial charge in [-0.15, -0.1) is 0 Å². The van der Waals surface area contributed by atoms with Crippen LogP contribution in [-0.2, 0) is 0 Å². The number of carbonyl (C=O) groups excluding carboxylic acids is 1. The van der Waals surface area contributed by atoms with E-state index in [1.165, 1.54) is 0 Å². The van der Waals surface area contributed by atoms with Crippen molar-refractivity contribution in [2.45, 2.75) is 0 Å². The molecule has 0 aliphatic carbocycles. The van der Waals surface area contributed by atoms with Gasteiger partial charge in [-0.3, -0.25) is 20.2 Å². The van der Waals surface area contributed by atoms with Crippen LogP contribution < -0.4 is 5.32 Å². The Labute approximate surface area is 114 Å². The van der Waals surface area contributed by atoms with E-state index in [-0.39, 0.29) is 16.0 Å². The molecule has 0 saturated heterocycles. The van der Waals surface area contributed by atoms with Crippen LogP contribution in [0.2, 0.25) is 0 Å². The highest BCUT2D eigenvalue weighted by molar-refractivity contribution is 9.10. The van der Waals surface area contributed by atoms with Gasteiger partial charge in [-0.25, -0.2) is 4.98 Å². The molecule has 0 saturated carbocycles. The first-order chi connectivity index (χ1) is 8.56. The monoisotopic (exact) mass is 327 g/mol. The van der Waals surface area contributed by atoms with Crippen LogP contribution in [0.15, 0.2) is 34.9 Å². The van der Waals surface area contributed by atoms with Gasteiger partial charge >= 0.3 is 5.00 Å². The van der Waals surface area contributed by atoms with E-state index < -0.39 is 4.92 Å². The average Bonchev–Trinajstić information content (AvgIpc) is 2.78. The highest BCUT2D eigenvalue weighted by Crippen LogP contribution is 2.25. The van der Waals surface area contributed by atoms with Crippen molar-refractivity contribution in [3.05, 3.63) is 50.6 Å². The third kappa shape index (κ3) is 2.90. The Balaban J connectivity index is 2.11. The molecular weight excluding hydrogens is 322 g/mol. The number of rotatable bonds is 3. The highest BCUT2D eigenvalue weighted by atomic mass is 79.9. The molecule has 0 atom stereocenters. The van der Waals surface area contributed by atoms with E-state index in [9.17, 15) is 14.9 Å². The second kappa shape index (κ2) is 5.23. The van der Waals surface area contributed by atoms with Crippen LogP contribution in [0.4, 0.5) is 10.1 Å². The number of carbonyl (C=O) groups is 1. The second-order valence-corrected chi connectivity index (χ2v) is 5.15. The van der Waals surface area contributed by atoms with E-state index in [2.05, 4.69) is 26.2 Å². The SMILES string of the molecule is O=C(Nc1ncc([N+](=O)[O-])s1)c1ccc(Br)cc1. The summed E-state index contributed by atoms with van der Waals surface area (Å²) in [6.07, 6.45) is 1.11. The van der Waals surface area contributed by atoms with E-state index in [1.807, 2.05) is 0 Å². The molecule has 0 aliphatic rings. The number of nitrogens with zero attached hydrogens (tertiary/aromatic N) is 2. The molecule has 0 unspecified atom stereocenters. The Morgan fingerprint density at radius 2 is 2.06 bits per heavy atom. The Hall–Kier alpha value is -1.80. The zero-order chi connectivity index (χ0) is 13.1. The fourth-order valence-corrected chi connectivity index (χ4v) is 2.07. The lowest BCUT2D eigenvalue weighted by Gasteiger charge is -2.00. The molecule has 1 aromatic heterocycles. The predicted octanol–water partition coefficient (Wildman–Crippen LogP) is 3.07. The van der Waals surface area contributed by atoms with E-state index in [4.69, 9.17) is 0 Å². The van der Waals surface area contributed by atoms with Crippen LogP contribution >= 0.6 is 27.3 Å². The summed E-state index contributed by atoms with van der Waals surface area (Å²) in [6, 6.07) is 6.75. The van der Waals surface area contributed by atoms with Gasteiger partial charge in [0.1, 0.15) is 6.20 Å². The van der Waals surface area contributed by atoms with Gasteiger partial charge in [-0.1, -0.05) is 15.9 Å². The van der Waals surface area contributed by atoms with Gasteiger partial charge in [-0.2, -0.15) is 0 Å². The number of thiazole rings is 1. The third-order valence-electron chi connectivity index (χ3n) is 2.00. The van der Waals surface area contributed by atoms with Crippen LogP contribution in [-0.4, -0.2) is 15.8 Å². The summed E-state index contributed by atoms with van der Waals surface area (Å²) >= 11 is 4.08. The number of benzene rings is 1. The number of hydrogen-bond acceptors (Lipinski definition) is 5. The maximum atomic E-state index is 11.8. The first kappa shape index (κ1) is 12.7. The quantitative estimate of drug-likeness (QED) is 0.693. The van der Waals surface area contributed by atoms with Gasteiger partial charge in [-0.05, 0) is 35.6 Å². The number of nitro groups is 1. The summed E-state index contributed by atoms with van der Waals surface area (Å²) in [6.45, 7) is 0. The molecule has 1 aromatic carbocycles. The molecule has 18 heavy (non-hydrogen) atoms. The van der Waals surface area contributed by atoms with Crippen molar-refractivity contribution in [3.8, 4) is 0 Å². The number of aromatic nitrogens is 1. The molecule has 0 spiro atoms. The van der Waals surface area contributed by atoms with Crippen molar-refractivity contribution in [2.75, 3.05) is 5.32 Å². The number of amides is 1. The number of anilines is 1. The molecule has 2 rings (SSSR count). The fraction of sp³-hybridized carbons (Fsp3) is 0. The predicted molar refractivity (Wildman–Crippen MR) is 70.9 cm³/mol. The molecule has 2 aromatic rings. The Kier molecular flexibility index (Phi) is 3.68. The van der Waals surface area contributed by atoms with E-state index in [0.717, 1.165) is 22.0 Å². The molecule has 1 heterocycles. The standard InChI is InChI=1S/C10H6BrN3O3S/c11-7-3-1-6(2-4-7)9(15)13-10-12-5-8(18-10)14(16)17/h1-5H,(H,12,13,15). The first-order valence-electron chi connectivity index (χ1n) is 4.73. The topological polar surface area (TPSA) is 85.1 Å². The van der Waals surface area contributed by atoms with Crippen LogP contribution in [0.3, 0.4) is 0 Å². The molecule has 0 bridgehead atoms. The van der Waals surface area contributed by atoms with Gasteiger partial charge in [0.2, 0.25) is 0 Å². The van der Waals surface area contributed by atoms with Crippen molar-refractivity contribution in [2.24, 2.45) is 0 Å². The van der Waals surface area contributed by atoms with Gasteiger partial charge < -0.3 is 0 Å². The zero-order valence-corrected chi connectivity index (χ0v) is 11.2. The van der Waals surface area contributed by atoms with Crippen LogP contribution in [0.5, 0.6) is 0 Å². The summed E-state index contributed by atoms with van der Waals surface area (Å²) in [5, 5.41) is 13.1. The summed E-state index contributed by atoms with van der Waals surface area (Å²) < 4.78 is 0.865. The molecule has 1 N–H and O–H groups in total. The van der Waals surface area contributed by atoms with Crippen LogP contribution in [0.25, 0.3) is 0 Å². The van der Waals surface area contributed by atoms with Crippen molar-refractivity contribution < 1.29 is 9.72 Å². The van der Waals surface area contributed by atoms with E-state index in [0.29, 0.717) is 5.56 Å². The first-order valence-corrected chi connectivity index (χ1v) is 6.34. The Morgan fingerprint density at radius 3 is 2.61 bits per heavy atom. The van der Waals surface area contributed by atoms with Gasteiger partial charge in [0.25, 0.3) is 5.91 Å². The number of halogens is 1. The summed E-state index contributed by atoms with van der Waals surface area (Å²) in [4.78, 5) is 25.4. The minimum Gasteiger partial charge on any atom is -0.298 e. The lowest BCUT2D eigenvalue weighted by Crippen LogP contribution is -2.11. The second-order valence-electron chi connectivity index (χ2n) is 3.22. The average molecular weight is 328 g/mol. The zero-order valence-electron chi connectivity index (χ0n) is 8.79. The van der Waals surface area contributed by atoms with E-state index >= 15 is 0 Å². The largest absolute Gasteiger partial charge is 0.345 e. The van der Waals surface area contributed by atoms with Crippen molar-refractivity contribution in [3.63, 3.8) is 0 Å². The summed E-state index contributed by atoms with van der Waals surface area (Å²) in [7, 11) is 0. The smallest absolute Gasteiger partial charge is 0.298 e. The van der Waals surface area contributed by atoms with Crippen molar-refractivity contribution >= 4 is 43.3 Å². The van der Waals surface area contributed by atoms with Crippen LogP contribution in [0.1, 0.15) is 10.4 Å². The van der Waals surface area contributed by atoms with Gasteiger partial charge in [0, 0.05) is 10.0 Å². The molecule has 1 amide bonds. The number of nitrogens with one attached hydrogen (secondary N) is 1. The van der Waals surface area contributed by atoms with Gasteiger partial charge in [0.15, 0.2) is 5.13 Å². The third-order valence-corrected chi connectivity index (χ3v) is 3.39. The molecule has 0 radical (unpaired) electrons. The van der Waals surface area contributed by atoms with E-state index in [1.54, 1.807) is 24.3 Å². The molecular formula is C10H6BrN3O3S. The Bertz CT molecular complexity index is 597. The van der Waals surface area contributed by atoms with Gasteiger partial charge in [0.05, 0.1) is 4.92 Å².